The van der Waals surface area contributed by atoms with Crippen molar-refractivity contribution >= 4 is 5.91 Å². The van der Waals surface area contributed by atoms with Crippen LogP contribution in [0.15, 0.2) is 12.2 Å². The highest BCUT2D eigenvalue weighted by Crippen LogP contribution is 2.37. The van der Waals surface area contributed by atoms with Crippen molar-refractivity contribution in [2.45, 2.75) is 89.5 Å². The highest BCUT2D eigenvalue weighted by molar-refractivity contribution is 5.85. The standard InChI is InChI=1S/C18H34N2O4/c1-17(2)12-15(13-18(3,4)20(17)23)24-11-7-5-6-8-14(21)9-10-16(19)22/h9-10,14-15,21,23H,5-8,11-13H2,1-4H3,(H2,19,22). The molecule has 1 fully saturated rings. The number of hydrogen-bond acceptors (Lipinski definition) is 5. The maximum Gasteiger partial charge on any atom is 0.241 e. The van der Waals surface area contributed by atoms with E-state index in [1.165, 1.54) is 17.2 Å². The maximum atomic E-state index is 10.6. The number of aliphatic hydroxyl groups is 1. The molecule has 1 atom stereocenters. The highest BCUT2D eigenvalue weighted by atomic mass is 16.5. The fourth-order valence-electron chi connectivity index (χ4n) is 3.48. The number of carbonyl (C=O) groups excluding carboxylic acids is 1. The van der Waals surface area contributed by atoms with Crippen LogP contribution in [0.25, 0.3) is 0 Å². The van der Waals surface area contributed by atoms with E-state index >= 15 is 0 Å². The van der Waals surface area contributed by atoms with Gasteiger partial charge in [-0.1, -0.05) is 18.9 Å². The first-order valence-corrected chi connectivity index (χ1v) is 8.81. The first kappa shape index (κ1) is 21.1. The van der Waals surface area contributed by atoms with Crippen LogP contribution in [-0.2, 0) is 9.53 Å². The number of nitrogens with two attached hydrogens (primary N) is 1. The predicted molar refractivity (Wildman–Crippen MR) is 93.6 cm³/mol. The first-order valence-electron chi connectivity index (χ1n) is 8.81. The Hall–Kier alpha value is -0.950. The smallest absolute Gasteiger partial charge is 0.241 e. The molecule has 0 radical (unpaired) electrons. The molecular formula is C18H34N2O4. The van der Waals surface area contributed by atoms with Crippen LogP contribution in [-0.4, -0.2) is 51.2 Å². The molecular weight excluding hydrogens is 308 g/mol. The lowest BCUT2D eigenvalue weighted by molar-refractivity contribution is -0.261. The molecule has 0 aromatic heterocycles. The van der Waals surface area contributed by atoms with Crippen LogP contribution in [0.2, 0.25) is 0 Å². The van der Waals surface area contributed by atoms with Gasteiger partial charge in [-0.15, -0.1) is 0 Å². The van der Waals surface area contributed by atoms with Gasteiger partial charge < -0.3 is 20.8 Å². The Bertz CT molecular complexity index is 417. The molecule has 1 saturated heterocycles. The lowest BCUT2D eigenvalue weighted by Gasteiger charge is -2.51. The number of piperidine rings is 1. The molecule has 6 nitrogen and oxygen atoms in total. The van der Waals surface area contributed by atoms with Crippen molar-refractivity contribution in [3.8, 4) is 0 Å². The number of amides is 1. The van der Waals surface area contributed by atoms with E-state index in [9.17, 15) is 15.1 Å². The number of rotatable bonds is 9. The number of ether oxygens (including phenoxy) is 1. The first-order chi connectivity index (χ1) is 11.0. The number of hydrogen-bond donors (Lipinski definition) is 3. The Balaban J connectivity index is 2.21. The van der Waals surface area contributed by atoms with E-state index in [0.717, 1.165) is 32.1 Å². The molecule has 140 valence electrons. The summed E-state index contributed by atoms with van der Waals surface area (Å²) in [6.07, 6.45) is 7.19. The van der Waals surface area contributed by atoms with Gasteiger partial charge in [-0.25, -0.2) is 0 Å². The molecule has 1 aliphatic heterocycles. The molecule has 0 aliphatic carbocycles. The minimum atomic E-state index is -0.617. The molecule has 0 bridgehead atoms. The van der Waals surface area contributed by atoms with Gasteiger partial charge in [0.05, 0.1) is 12.2 Å². The molecule has 4 N–H and O–H groups in total. The molecule has 1 aliphatic rings. The Morgan fingerprint density at radius 3 is 2.38 bits per heavy atom. The van der Waals surface area contributed by atoms with E-state index in [2.05, 4.69) is 0 Å². The molecule has 0 saturated carbocycles. The van der Waals surface area contributed by atoms with Gasteiger partial charge in [-0.05, 0) is 53.4 Å². The second-order valence-corrected chi connectivity index (χ2v) is 8.02. The van der Waals surface area contributed by atoms with E-state index in [4.69, 9.17) is 10.5 Å². The largest absolute Gasteiger partial charge is 0.389 e. The Kier molecular flexibility index (Phi) is 7.86. The zero-order valence-corrected chi connectivity index (χ0v) is 15.5. The Morgan fingerprint density at radius 2 is 1.83 bits per heavy atom. The zero-order chi connectivity index (χ0) is 18.4. The van der Waals surface area contributed by atoms with Crippen LogP contribution in [0, 0.1) is 0 Å². The third-order valence-electron chi connectivity index (χ3n) is 4.58. The van der Waals surface area contributed by atoms with Crippen molar-refractivity contribution in [3.05, 3.63) is 12.2 Å². The van der Waals surface area contributed by atoms with Crippen LogP contribution >= 0.6 is 0 Å². The summed E-state index contributed by atoms with van der Waals surface area (Å²) >= 11 is 0. The van der Waals surface area contributed by atoms with Gasteiger partial charge >= 0.3 is 0 Å². The summed E-state index contributed by atoms with van der Waals surface area (Å²) in [6, 6.07) is 0. The molecule has 0 spiro atoms. The number of aliphatic hydroxyl groups excluding tert-OH is 1. The van der Waals surface area contributed by atoms with E-state index in [1.54, 1.807) is 0 Å². The van der Waals surface area contributed by atoms with Gasteiger partial charge in [0.2, 0.25) is 5.91 Å². The van der Waals surface area contributed by atoms with E-state index in [0.29, 0.717) is 13.0 Å². The lowest BCUT2D eigenvalue weighted by Crippen LogP contribution is -2.60. The van der Waals surface area contributed by atoms with Crippen molar-refractivity contribution in [1.82, 2.24) is 5.06 Å². The van der Waals surface area contributed by atoms with Gasteiger partial charge in [-0.3, -0.25) is 4.79 Å². The molecule has 1 amide bonds. The average molecular weight is 342 g/mol. The van der Waals surface area contributed by atoms with Crippen molar-refractivity contribution in [2.75, 3.05) is 6.61 Å². The summed E-state index contributed by atoms with van der Waals surface area (Å²) in [6.45, 7) is 8.82. The minimum absolute atomic E-state index is 0.155. The number of unbranched alkanes of at least 4 members (excludes halogenated alkanes) is 2. The Labute approximate surface area is 145 Å². The van der Waals surface area contributed by atoms with Crippen molar-refractivity contribution < 1.29 is 19.8 Å². The summed E-state index contributed by atoms with van der Waals surface area (Å²) in [5.74, 6) is -0.540. The molecule has 0 aromatic rings. The molecule has 0 aromatic carbocycles. The lowest BCUT2D eigenvalue weighted by atomic mass is 9.80. The van der Waals surface area contributed by atoms with E-state index in [-0.39, 0.29) is 17.2 Å². The van der Waals surface area contributed by atoms with E-state index in [1.807, 2.05) is 27.7 Å². The summed E-state index contributed by atoms with van der Waals surface area (Å²) in [5.41, 5.74) is 4.40. The number of carbonyl (C=O) groups is 1. The molecule has 1 rings (SSSR count). The monoisotopic (exact) mass is 342 g/mol. The van der Waals surface area contributed by atoms with Crippen molar-refractivity contribution in [3.63, 3.8) is 0 Å². The number of primary amides is 1. The second-order valence-electron chi connectivity index (χ2n) is 8.02. The second kappa shape index (κ2) is 8.94. The van der Waals surface area contributed by atoms with Crippen LogP contribution in [0.5, 0.6) is 0 Å². The highest BCUT2D eigenvalue weighted by Gasteiger charge is 2.45. The summed E-state index contributed by atoms with van der Waals surface area (Å²) in [5, 5.41) is 21.4. The number of hydroxylamine groups is 2. The fourth-order valence-corrected chi connectivity index (χ4v) is 3.48. The average Bonchev–Trinajstić information content (AvgIpc) is 2.45. The van der Waals surface area contributed by atoms with E-state index < -0.39 is 12.0 Å². The van der Waals surface area contributed by atoms with Crippen LogP contribution < -0.4 is 5.73 Å². The SMILES string of the molecule is CC1(C)CC(OCCCCCC(O)C=CC(N)=O)CC(C)(C)N1O. The third-order valence-corrected chi connectivity index (χ3v) is 4.58. The summed E-state index contributed by atoms with van der Waals surface area (Å²) < 4.78 is 6.01. The predicted octanol–water partition coefficient (Wildman–Crippen LogP) is 2.38. The van der Waals surface area contributed by atoms with Gasteiger partial charge in [0.15, 0.2) is 0 Å². The van der Waals surface area contributed by atoms with Crippen LogP contribution in [0.3, 0.4) is 0 Å². The Morgan fingerprint density at radius 1 is 1.25 bits per heavy atom. The molecule has 6 heteroatoms. The summed E-state index contributed by atoms with van der Waals surface area (Å²) in [7, 11) is 0. The number of nitrogens with zero attached hydrogens (tertiary/aromatic N) is 1. The molecule has 1 unspecified atom stereocenters. The topological polar surface area (TPSA) is 96.0 Å². The van der Waals surface area contributed by atoms with Crippen LogP contribution in [0.4, 0.5) is 0 Å². The third kappa shape index (κ3) is 6.89. The molecule has 24 heavy (non-hydrogen) atoms. The quantitative estimate of drug-likeness (QED) is 0.442. The van der Waals surface area contributed by atoms with Crippen LogP contribution in [0.1, 0.15) is 66.2 Å². The van der Waals surface area contributed by atoms with Crippen molar-refractivity contribution in [2.24, 2.45) is 5.73 Å². The summed E-state index contributed by atoms with van der Waals surface area (Å²) in [4.78, 5) is 10.6. The van der Waals surface area contributed by atoms with Gasteiger partial charge in [0, 0.05) is 23.8 Å². The van der Waals surface area contributed by atoms with Crippen molar-refractivity contribution in [1.29, 1.82) is 0 Å². The van der Waals surface area contributed by atoms with Gasteiger partial charge in [0.1, 0.15) is 0 Å². The maximum absolute atomic E-state index is 10.6. The molecule has 1 heterocycles. The fraction of sp³-hybridized carbons (Fsp3) is 0.833. The normalized spacial score (nSPS) is 22.8. The minimum Gasteiger partial charge on any atom is -0.389 e. The van der Waals surface area contributed by atoms with Gasteiger partial charge in [0.25, 0.3) is 0 Å². The zero-order valence-electron chi connectivity index (χ0n) is 15.5. The van der Waals surface area contributed by atoms with Gasteiger partial charge in [-0.2, -0.15) is 5.06 Å².